The summed E-state index contributed by atoms with van der Waals surface area (Å²) in [5.41, 5.74) is 1.60. The van der Waals surface area contributed by atoms with Crippen LogP contribution in [0.15, 0.2) is 52.6 Å². The van der Waals surface area contributed by atoms with E-state index in [4.69, 9.17) is 44.8 Å². The highest BCUT2D eigenvalue weighted by molar-refractivity contribution is 6.29. The maximum absolute atomic E-state index is 13.2. The van der Waals surface area contributed by atoms with Gasteiger partial charge in [-0.25, -0.2) is 0 Å². The SMILES string of the molecule is CCC(=O)OC/C1=C/C/C=C(\Cl)CC[C@@H]2C[C@@H](OC(=O)C[C@H]1OC(C)=O)[C@@H]([C@H](O)/C=C(\C)CC(=O)OCc1ccc(OC)cc1OC)O2. The molecular weight excluding hydrogens is 648 g/mol. The number of methoxy groups -OCH3 is 2. The van der Waals surface area contributed by atoms with Crippen LogP contribution in [-0.2, 0) is 49.5 Å². The zero-order valence-electron chi connectivity index (χ0n) is 28.0. The molecule has 3 rings (SSSR count). The van der Waals surface area contributed by atoms with Gasteiger partial charge in [0.2, 0.25) is 0 Å². The predicted molar refractivity (Wildman–Crippen MR) is 174 cm³/mol. The Morgan fingerprint density at radius 3 is 2.52 bits per heavy atom. The Kier molecular flexibility index (Phi) is 15.4. The maximum atomic E-state index is 13.2. The lowest BCUT2D eigenvalue weighted by atomic mass is 10.0. The van der Waals surface area contributed by atoms with Crippen LogP contribution in [-0.4, -0.2) is 80.3 Å². The van der Waals surface area contributed by atoms with Crippen molar-refractivity contribution in [1.82, 2.24) is 0 Å². The van der Waals surface area contributed by atoms with Crippen molar-refractivity contribution in [2.75, 3.05) is 20.8 Å². The molecule has 264 valence electrons. The van der Waals surface area contributed by atoms with Gasteiger partial charge in [0.25, 0.3) is 0 Å². The summed E-state index contributed by atoms with van der Waals surface area (Å²) in [5.74, 6) is -1.16. The molecule has 1 fully saturated rings. The van der Waals surface area contributed by atoms with Crippen LogP contribution in [0.4, 0.5) is 0 Å². The van der Waals surface area contributed by atoms with Gasteiger partial charge in [0, 0.05) is 42.0 Å². The van der Waals surface area contributed by atoms with E-state index >= 15 is 0 Å². The normalized spacial score (nSPS) is 24.8. The number of allylic oxidation sites excluding steroid dienone is 3. The third-order valence-electron chi connectivity index (χ3n) is 7.78. The molecule has 0 radical (unpaired) electrons. The smallest absolute Gasteiger partial charge is 0.310 e. The molecule has 2 aliphatic rings. The van der Waals surface area contributed by atoms with Crippen LogP contribution in [0.2, 0.25) is 0 Å². The number of hydrogen-bond donors (Lipinski definition) is 1. The van der Waals surface area contributed by atoms with E-state index in [0.717, 1.165) is 0 Å². The molecule has 48 heavy (non-hydrogen) atoms. The van der Waals surface area contributed by atoms with Crippen molar-refractivity contribution >= 4 is 35.5 Å². The van der Waals surface area contributed by atoms with Crippen LogP contribution in [0, 0.1) is 0 Å². The fraction of sp³-hybridized carbons (Fsp3) is 0.543. The van der Waals surface area contributed by atoms with Gasteiger partial charge in [-0.15, -0.1) is 0 Å². The number of aliphatic hydroxyl groups excluding tert-OH is 1. The minimum absolute atomic E-state index is 0.0173. The monoisotopic (exact) mass is 692 g/mol. The number of fused-ring (bicyclic) bond motifs is 2. The molecule has 0 aliphatic carbocycles. The number of carbonyl (C=O) groups is 4. The summed E-state index contributed by atoms with van der Waals surface area (Å²) in [4.78, 5) is 49.7. The largest absolute Gasteiger partial charge is 0.497 e. The third-order valence-corrected chi connectivity index (χ3v) is 8.12. The van der Waals surface area contributed by atoms with Crippen molar-refractivity contribution in [3.63, 3.8) is 0 Å². The summed E-state index contributed by atoms with van der Waals surface area (Å²) in [6.45, 7) is 4.34. The molecule has 0 amide bonds. The number of hydrogen-bond acceptors (Lipinski definition) is 12. The van der Waals surface area contributed by atoms with Crippen LogP contribution in [0.25, 0.3) is 0 Å². The van der Waals surface area contributed by atoms with Crippen LogP contribution in [0.5, 0.6) is 11.5 Å². The number of carbonyl (C=O) groups excluding carboxylic acids is 4. The molecule has 1 N–H and O–H groups in total. The van der Waals surface area contributed by atoms with Crippen molar-refractivity contribution in [1.29, 1.82) is 0 Å². The second-order valence-corrected chi connectivity index (χ2v) is 12.0. The zero-order valence-corrected chi connectivity index (χ0v) is 28.8. The Morgan fingerprint density at radius 1 is 1.08 bits per heavy atom. The minimum atomic E-state index is -1.22. The molecule has 5 atom stereocenters. The van der Waals surface area contributed by atoms with Crippen LogP contribution in [0.1, 0.15) is 71.3 Å². The second-order valence-electron chi connectivity index (χ2n) is 11.5. The van der Waals surface area contributed by atoms with E-state index < -0.39 is 48.3 Å². The van der Waals surface area contributed by atoms with Gasteiger partial charge in [-0.1, -0.05) is 42.3 Å². The molecule has 1 saturated heterocycles. The first-order chi connectivity index (χ1) is 22.9. The Morgan fingerprint density at radius 2 is 1.83 bits per heavy atom. The van der Waals surface area contributed by atoms with Gasteiger partial charge in [0.1, 0.15) is 49.1 Å². The lowest BCUT2D eigenvalue weighted by Crippen LogP contribution is -2.37. The van der Waals surface area contributed by atoms with E-state index in [1.54, 1.807) is 51.3 Å². The van der Waals surface area contributed by atoms with E-state index in [0.29, 0.717) is 58.9 Å². The molecule has 2 bridgehead atoms. The minimum Gasteiger partial charge on any atom is -0.497 e. The molecule has 0 aromatic heterocycles. The standard InChI is InChI=1S/C35H45ClO12/c1-6-32(39)44-19-23-8-7-9-25(36)11-13-27-17-31(48-34(41)18-30(23)46-22(3)37)35(47-27)28(38)14-21(2)15-33(40)45-20-24-10-12-26(42-4)16-29(24)43-5/h8-10,12,14,16,27-28,30-31,35,38H,6-7,11,13,15,17-20H2,1-5H3/b21-14+,23-8-,25-9-/t27-,28-,30-,31-,35-/m1/s1. The van der Waals surface area contributed by atoms with Crippen molar-refractivity contribution < 1.29 is 57.4 Å². The fourth-order valence-corrected chi connectivity index (χ4v) is 5.52. The summed E-state index contributed by atoms with van der Waals surface area (Å²) in [7, 11) is 3.05. The van der Waals surface area contributed by atoms with Gasteiger partial charge in [-0.05, 0) is 38.3 Å². The summed E-state index contributed by atoms with van der Waals surface area (Å²) in [5, 5.41) is 11.8. The topological polar surface area (TPSA) is 153 Å². The van der Waals surface area contributed by atoms with Gasteiger partial charge in [-0.3, -0.25) is 19.2 Å². The molecule has 0 spiro atoms. The lowest BCUT2D eigenvalue weighted by Gasteiger charge is -2.24. The Bertz CT molecular complexity index is 1380. The Labute approximate surface area is 285 Å². The van der Waals surface area contributed by atoms with Crippen molar-refractivity contribution in [2.45, 2.75) is 103 Å². The van der Waals surface area contributed by atoms with E-state index in [-0.39, 0.29) is 38.6 Å². The van der Waals surface area contributed by atoms with Crippen LogP contribution in [0.3, 0.4) is 0 Å². The van der Waals surface area contributed by atoms with Gasteiger partial charge in [-0.2, -0.15) is 0 Å². The first kappa shape index (κ1) is 38.6. The summed E-state index contributed by atoms with van der Waals surface area (Å²) in [6, 6.07) is 5.17. The highest BCUT2D eigenvalue weighted by Gasteiger charge is 2.42. The van der Waals surface area contributed by atoms with Crippen molar-refractivity contribution in [3.05, 3.63) is 58.2 Å². The fourth-order valence-electron chi connectivity index (χ4n) is 5.32. The molecule has 13 heteroatoms. The first-order valence-electron chi connectivity index (χ1n) is 15.8. The Hall–Kier alpha value is -3.87. The van der Waals surface area contributed by atoms with E-state index in [1.165, 1.54) is 20.1 Å². The summed E-state index contributed by atoms with van der Waals surface area (Å²) in [6.07, 6.45) is 1.88. The van der Waals surface area contributed by atoms with Gasteiger partial charge in [0.05, 0.1) is 33.2 Å². The number of rotatable bonds is 12. The van der Waals surface area contributed by atoms with Gasteiger partial charge >= 0.3 is 23.9 Å². The molecule has 12 nitrogen and oxygen atoms in total. The van der Waals surface area contributed by atoms with E-state index in [1.807, 2.05) is 0 Å². The van der Waals surface area contributed by atoms with Crippen molar-refractivity contribution in [3.8, 4) is 11.5 Å². The average molecular weight is 693 g/mol. The third kappa shape index (κ3) is 12.3. The van der Waals surface area contributed by atoms with Gasteiger partial charge < -0.3 is 38.3 Å². The van der Waals surface area contributed by atoms with Gasteiger partial charge in [0.15, 0.2) is 0 Å². The highest BCUT2D eigenvalue weighted by Crippen LogP contribution is 2.32. The molecule has 1 aromatic carbocycles. The number of ether oxygens (including phenoxy) is 7. The molecular formula is C35H45ClO12. The second kappa shape index (κ2) is 19.2. The molecule has 1 aromatic rings. The number of aliphatic hydroxyl groups is 1. The summed E-state index contributed by atoms with van der Waals surface area (Å²) < 4.78 is 38.7. The molecule has 0 unspecified atom stereocenters. The lowest BCUT2D eigenvalue weighted by molar-refractivity contribution is -0.159. The molecule has 2 heterocycles. The number of halogens is 1. The van der Waals surface area contributed by atoms with Crippen LogP contribution < -0.4 is 9.47 Å². The van der Waals surface area contributed by atoms with E-state index in [2.05, 4.69) is 0 Å². The van der Waals surface area contributed by atoms with E-state index in [9.17, 15) is 24.3 Å². The molecule has 2 aliphatic heterocycles. The first-order valence-corrected chi connectivity index (χ1v) is 16.2. The summed E-state index contributed by atoms with van der Waals surface area (Å²) >= 11 is 6.48. The van der Waals surface area contributed by atoms with Crippen LogP contribution >= 0.6 is 11.6 Å². The zero-order chi connectivity index (χ0) is 35.2. The highest BCUT2D eigenvalue weighted by atomic mass is 35.5. The average Bonchev–Trinajstić information content (AvgIpc) is 3.45. The van der Waals surface area contributed by atoms with Crippen molar-refractivity contribution in [2.24, 2.45) is 0 Å². The maximum Gasteiger partial charge on any atom is 0.310 e. The number of benzene rings is 1. The number of esters is 4. The Balaban J connectivity index is 1.72. The predicted octanol–water partition coefficient (Wildman–Crippen LogP) is 5.02. The quantitative estimate of drug-likeness (QED) is 0.178. The molecule has 0 saturated carbocycles.